The van der Waals surface area contributed by atoms with Gasteiger partial charge >= 0.3 is 5.97 Å². The van der Waals surface area contributed by atoms with Gasteiger partial charge in [0, 0.05) is 12.6 Å². The Morgan fingerprint density at radius 1 is 1.38 bits per heavy atom. The molecule has 3 rings (SSSR count). The quantitative estimate of drug-likeness (QED) is 0.792. The van der Waals surface area contributed by atoms with Crippen molar-refractivity contribution in [2.45, 2.75) is 25.8 Å². The molecule has 1 unspecified atom stereocenters. The minimum atomic E-state index is -0.0297. The van der Waals surface area contributed by atoms with E-state index in [-0.39, 0.29) is 17.3 Å². The Morgan fingerprint density at radius 2 is 2.14 bits per heavy atom. The van der Waals surface area contributed by atoms with Gasteiger partial charge in [0.25, 0.3) is 0 Å². The molecule has 1 saturated carbocycles. The summed E-state index contributed by atoms with van der Waals surface area (Å²) in [5, 5.41) is 0. The first-order valence-electron chi connectivity index (χ1n) is 7.47. The van der Waals surface area contributed by atoms with Crippen LogP contribution in [0.25, 0.3) is 0 Å². The van der Waals surface area contributed by atoms with Gasteiger partial charge in [0.2, 0.25) is 5.88 Å². The van der Waals surface area contributed by atoms with E-state index in [1.54, 1.807) is 7.11 Å². The van der Waals surface area contributed by atoms with E-state index < -0.39 is 0 Å². The van der Waals surface area contributed by atoms with Crippen LogP contribution in [0.1, 0.15) is 25.0 Å². The lowest BCUT2D eigenvalue weighted by Gasteiger charge is -2.32. The van der Waals surface area contributed by atoms with Crippen molar-refractivity contribution in [3.05, 3.63) is 23.9 Å². The number of nitrogens with zero attached hydrogens (tertiary/aromatic N) is 2. The first-order chi connectivity index (χ1) is 10.2. The van der Waals surface area contributed by atoms with Gasteiger partial charge in [-0.2, -0.15) is 0 Å². The van der Waals surface area contributed by atoms with Gasteiger partial charge < -0.3 is 9.47 Å². The lowest BCUT2D eigenvalue weighted by atomic mass is 9.91. The molecule has 2 heterocycles. The molecule has 1 atom stereocenters. The second-order valence-corrected chi connectivity index (χ2v) is 6.09. The van der Waals surface area contributed by atoms with Crippen molar-refractivity contribution in [1.82, 2.24) is 9.88 Å². The lowest BCUT2D eigenvalue weighted by Crippen LogP contribution is -2.35. The summed E-state index contributed by atoms with van der Waals surface area (Å²) in [7, 11) is 3.12. The van der Waals surface area contributed by atoms with E-state index in [2.05, 4.69) is 9.88 Å². The molecule has 2 fully saturated rings. The molecule has 1 aliphatic carbocycles. The molecule has 0 N–H and O–H groups in total. The van der Waals surface area contributed by atoms with Crippen molar-refractivity contribution >= 4 is 5.97 Å². The number of carbonyl (C=O) groups is 1. The fourth-order valence-corrected chi connectivity index (χ4v) is 3.42. The number of carbonyl (C=O) groups excluding carboxylic acids is 1. The molecule has 0 aromatic carbocycles. The third kappa shape index (κ3) is 2.88. The number of aromatic nitrogens is 1. The van der Waals surface area contributed by atoms with Crippen molar-refractivity contribution in [3.8, 4) is 5.88 Å². The Labute approximate surface area is 125 Å². The van der Waals surface area contributed by atoms with Gasteiger partial charge in [0.15, 0.2) is 0 Å². The van der Waals surface area contributed by atoms with Crippen LogP contribution in [0, 0.1) is 11.3 Å². The van der Waals surface area contributed by atoms with E-state index in [1.807, 2.05) is 18.2 Å². The van der Waals surface area contributed by atoms with Crippen molar-refractivity contribution in [3.63, 3.8) is 0 Å². The average molecular weight is 290 g/mol. The Balaban J connectivity index is 1.54. The third-order valence-electron chi connectivity index (χ3n) is 4.90. The highest BCUT2D eigenvalue weighted by Gasteiger charge is 2.59. The number of hydrogen-bond acceptors (Lipinski definition) is 5. The summed E-state index contributed by atoms with van der Waals surface area (Å²) >= 11 is 0. The Bertz CT molecular complexity index is 524. The molecule has 5 heteroatoms. The van der Waals surface area contributed by atoms with E-state index in [9.17, 15) is 4.79 Å². The van der Waals surface area contributed by atoms with Crippen molar-refractivity contribution in [1.29, 1.82) is 0 Å². The molecule has 5 nitrogen and oxygen atoms in total. The van der Waals surface area contributed by atoms with Crippen molar-refractivity contribution in [2.24, 2.45) is 11.3 Å². The molecular weight excluding hydrogens is 268 g/mol. The Morgan fingerprint density at radius 3 is 2.81 bits per heavy atom. The summed E-state index contributed by atoms with van der Waals surface area (Å²) in [4.78, 5) is 18.5. The van der Waals surface area contributed by atoms with Crippen molar-refractivity contribution < 1.29 is 14.3 Å². The molecular formula is C16H22N2O3. The van der Waals surface area contributed by atoms with Gasteiger partial charge in [0.1, 0.15) is 0 Å². The molecule has 1 aromatic heterocycles. The van der Waals surface area contributed by atoms with Crippen LogP contribution in [0.4, 0.5) is 0 Å². The number of esters is 1. The van der Waals surface area contributed by atoms with E-state index in [0.717, 1.165) is 44.6 Å². The van der Waals surface area contributed by atoms with E-state index in [0.29, 0.717) is 5.88 Å². The van der Waals surface area contributed by atoms with Crippen LogP contribution in [0.5, 0.6) is 5.88 Å². The fraction of sp³-hybridized carbons (Fsp3) is 0.625. The highest BCUT2D eigenvalue weighted by atomic mass is 16.5. The largest absolute Gasteiger partial charge is 0.481 e. The monoisotopic (exact) mass is 290 g/mol. The average Bonchev–Trinajstić information content (AvgIpc) is 3.23. The van der Waals surface area contributed by atoms with Crippen LogP contribution in [0.15, 0.2) is 18.2 Å². The summed E-state index contributed by atoms with van der Waals surface area (Å²) in [6.07, 6.45) is 3.17. The number of ether oxygens (including phenoxy) is 2. The Hall–Kier alpha value is -1.62. The Kier molecular flexibility index (Phi) is 3.85. The molecule has 1 spiro atoms. The summed E-state index contributed by atoms with van der Waals surface area (Å²) in [5.41, 5.74) is 1.26. The summed E-state index contributed by atoms with van der Waals surface area (Å²) in [6.45, 7) is 2.88. The zero-order valence-electron chi connectivity index (χ0n) is 12.7. The van der Waals surface area contributed by atoms with Gasteiger partial charge in [-0.1, -0.05) is 6.07 Å². The number of pyridine rings is 1. The highest BCUT2D eigenvalue weighted by Crippen LogP contribution is 2.59. The maximum atomic E-state index is 11.6. The van der Waals surface area contributed by atoms with Crippen LogP contribution in [-0.2, 0) is 16.1 Å². The highest BCUT2D eigenvalue weighted by molar-refractivity contribution is 5.76. The SMILES string of the molecule is COC(=O)C1CC12CCN(Cc1cccc(OC)n1)CC2. The first-order valence-corrected chi connectivity index (χ1v) is 7.47. The van der Waals surface area contributed by atoms with Crippen molar-refractivity contribution in [2.75, 3.05) is 27.3 Å². The van der Waals surface area contributed by atoms with Gasteiger partial charge in [0.05, 0.1) is 25.8 Å². The number of hydrogen-bond donors (Lipinski definition) is 0. The molecule has 0 radical (unpaired) electrons. The van der Waals surface area contributed by atoms with Gasteiger partial charge in [-0.05, 0) is 43.8 Å². The third-order valence-corrected chi connectivity index (χ3v) is 4.90. The molecule has 21 heavy (non-hydrogen) atoms. The zero-order chi connectivity index (χ0) is 14.9. The molecule has 2 aliphatic rings. The minimum Gasteiger partial charge on any atom is -0.481 e. The first kappa shape index (κ1) is 14.3. The van der Waals surface area contributed by atoms with Crippen LogP contribution >= 0.6 is 0 Å². The van der Waals surface area contributed by atoms with Crippen LogP contribution in [-0.4, -0.2) is 43.2 Å². The lowest BCUT2D eigenvalue weighted by molar-refractivity contribution is -0.143. The molecule has 1 saturated heterocycles. The van der Waals surface area contributed by atoms with E-state index in [4.69, 9.17) is 9.47 Å². The van der Waals surface area contributed by atoms with Crippen LogP contribution < -0.4 is 4.74 Å². The topological polar surface area (TPSA) is 51.7 Å². The molecule has 114 valence electrons. The zero-order valence-corrected chi connectivity index (χ0v) is 12.7. The maximum Gasteiger partial charge on any atom is 0.309 e. The predicted molar refractivity (Wildman–Crippen MR) is 77.9 cm³/mol. The summed E-state index contributed by atoms with van der Waals surface area (Å²) in [6, 6.07) is 5.86. The van der Waals surface area contributed by atoms with Gasteiger partial charge in [-0.25, -0.2) is 4.98 Å². The summed E-state index contributed by atoms with van der Waals surface area (Å²) in [5.74, 6) is 0.770. The van der Waals surface area contributed by atoms with Crippen LogP contribution in [0.3, 0.4) is 0 Å². The number of piperidine rings is 1. The smallest absolute Gasteiger partial charge is 0.309 e. The van der Waals surface area contributed by atoms with Gasteiger partial charge in [-0.3, -0.25) is 9.69 Å². The molecule has 1 aromatic rings. The van der Waals surface area contributed by atoms with E-state index in [1.165, 1.54) is 7.11 Å². The van der Waals surface area contributed by atoms with E-state index >= 15 is 0 Å². The standard InChI is InChI=1S/C16H22N2O3/c1-20-14-5-3-4-12(17-14)11-18-8-6-16(7-9-18)10-13(16)15(19)21-2/h3-5,13H,6-11H2,1-2H3. The normalized spacial score (nSPS) is 23.8. The number of likely N-dealkylation sites (tertiary alicyclic amines) is 1. The van der Waals surface area contributed by atoms with Gasteiger partial charge in [-0.15, -0.1) is 0 Å². The number of rotatable bonds is 4. The maximum absolute atomic E-state index is 11.6. The predicted octanol–water partition coefficient (Wildman–Crippen LogP) is 1.87. The summed E-state index contributed by atoms with van der Waals surface area (Å²) < 4.78 is 10.0. The number of methoxy groups -OCH3 is 2. The van der Waals surface area contributed by atoms with Crippen LogP contribution in [0.2, 0.25) is 0 Å². The molecule has 0 bridgehead atoms. The minimum absolute atomic E-state index is 0.0297. The second-order valence-electron chi connectivity index (χ2n) is 6.09. The molecule has 1 aliphatic heterocycles. The second kappa shape index (κ2) is 5.64. The molecule has 0 amide bonds. The fourth-order valence-electron chi connectivity index (χ4n) is 3.42.